The predicted molar refractivity (Wildman–Crippen MR) is 124 cm³/mol. The largest absolute Gasteiger partial charge is 0.352 e. The summed E-state index contributed by atoms with van der Waals surface area (Å²) in [6.07, 6.45) is 0.0730. The van der Waals surface area contributed by atoms with Crippen LogP contribution in [0.1, 0.15) is 16.8 Å². The SMILES string of the molecule is O=C(CCNC(=O)c1ccc([N+](=O)[O-])cc1)Nc1nc(-c2ccc3ccccc3c2)cs1. The normalized spacial score (nSPS) is 10.6. The van der Waals surface area contributed by atoms with Crippen molar-refractivity contribution in [2.75, 3.05) is 11.9 Å². The molecule has 0 fully saturated rings. The monoisotopic (exact) mass is 446 g/mol. The summed E-state index contributed by atoms with van der Waals surface area (Å²) >= 11 is 1.33. The van der Waals surface area contributed by atoms with Crippen LogP contribution in [0.3, 0.4) is 0 Å². The maximum Gasteiger partial charge on any atom is 0.269 e. The molecule has 3 aromatic carbocycles. The second-order valence-corrected chi connectivity index (χ2v) is 7.82. The van der Waals surface area contributed by atoms with Gasteiger partial charge in [0.15, 0.2) is 5.13 Å². The van der Waals surface area contributed by atoms with Crippen molar-refractivity contribution in [3.8, 4) is 11.3 Å². The molecule has 0 aliphatic carbocycles. The molecule has 0 saturated carbocycles. The Morgan fingerprint density at radius 3 is 2.50 bits per heavy atom. The van der Waals surface area contributed by atoms with Gasteiger partial charge in [-0.2, -0.15) is 0 Å². The van der Waals surface area contributed by atoms with E-state index >= 15 is 0 Å². The highest BCUT2D eigenvalue weighted by molar-refractivity contribution is 7.14. The third-order valence-electron chi connectivity index (χ3n) is 4.77. The van der Waals surface area contributed by atoms with Gasteiger partial charge in [-0.15, -0.1) is 11.3 Å². The van der Waals surface area contributed by atoms with Crippen molar-refractivity contribution >= 4 is 44.7 Å². The number of carbonyl (C=O) groups excluding carboxylic acids is 2. The van der Waals surface area contributed by atoms with Crippen LogP contribution in [0, 0.1) is 10.1 Å². The number of amides is 2. The van der Waals surface area contributed by atoms with E-state index < -0.39 is 10.8 Å². The zero-order valence-corrected chi connectivity index (χ0v) is 17.6. The highest BCUT2D eigenvalue weighted by Gasteiger charge is 2.11. The standard InChI is InChI=1S/C23H18N4O4S/c28-21(11-12-24-22(29)16-7-9-19(10-8-16)27(30)31)26-23-25-20(14-32-23)18-6-5-15-3-1-2-4-17(15)13-18/h1-10,13-14H,11-12H2,(H,24,29)(H,25,26,28). The summed E-state index contributed by atoms with van der Waals surface area (Å²) in [7, 11) is 0. The number of fused-ring (bicyclic) bond motifs is 1. The summed E-state index contributed by atoms with van der Waals surface area (Å²) in [6.45, 7) is 0.130. The molecule has 0 saturated heterocycles. The number of hydrogen-bond acceptors (Lipinski definition) is 6. The van der Waals surface area contributed by atoms with Gasteiger partial charge in [0.2, 0.25) is 5.91 Å². The van der Waals surface area contributed by atoms with Crippen molar-refractivity contribution in [1.29, 1.82) is 0 Å². The number of non-ortho nitro benzene ring substituents is 1. The number of nitrogens with zero attached hydrogens (tertiary/aromatic N) is 2. The van der Waals surface area contributed by atoms with E-state index in [4.69, 9.17) is 0 Å². The van der Waals surface area contributed by atoms with Gasteiger partial charge >= 0.3 is 0 Å². The number of nitro groups is 1. The van der Waals surface area contributed by atoms with Crippen molar-refractivity contribution in [2.45, 2.75) is 6.42 Å². The number of aromatic nitrogens is 1. The Hall–Kier alpha value is -4.11. The molecule has 2 amide bonds. The van der Waals surface area contributed by atoms with Crippen LogP contribution in [0.15, 0.2) is 72.1 Å². The summed E-state index contributed by atoms with van der Waals surface area (Å²) in [5.41, 5.74) is 1.95. The van der Waals surface area contributed by atoms with Crippen molar-refractivity contribution in [2.24, 2.45) is 0 Å². The van der Waals surface area contributed by atoms with E-state index in [1.807, 2.05) is 41.8 Å². The molecule has 0 radical (unpaired) electrons. The minimum atomic E-state index is -0.532. The number of rotatable bonds is 7. The van der Waals surface area contributed by atoms with Crippen molar-refractivity contribution in [3.63, 3.8) is 0 Å². The Balaban J connectivity index is 1.29. The Bertz CT molecular complexity index is 1300. The minimum absolute atomic E-state index is 0.0730. The van der Waals surface area contributed by atoms with E-state index in [9.17, 15) is 19.7 Å². The second-order valence-electron chi connectivity index (χ2n) is 6.96. The van der Waals surface area contributed by atoms with Gasteiger partial charge in [-0.25, -0.2) is 4.98 Å². The van der Waals surface area contributed by atoms with Crippen LogP contribution in [-0.4, -0.2) is 28.3 Å². The van der Waals surface area contributed by atoms with Gasteiger partial charge in [-0.05, 0) is 29.0 Å². The van der Waals surface area contributed by atoms with Crippen molar-refractivity contribution in [1.82, 2.24) is 10.3 Å². The summed E-state index contributed by atoms with van der Waals surface area (Å²) in [4.78, 5) is 38.9. The van der Waals surface area contributed by atoms with E-state index in [1.54, 1.807) is 0 Å². The third-order valence-corrected chi connectivity index (χ3v) is 5.53. The molecule has 8 nitrogen and oxygen atoms in total. The van der Waals surface area contributed by atoms with Crippen LogP contribution in [0.25, 0.3) is 22.0 Å². The van der Waals surface area contributed by atoms with Crippen molar-refractivity contribution in [3.05, 3.63) is 87.8 Å². The molecule has 2 N–H and O–H groups in total. The number of carbonyl (C=O) groups is 2. The summed E-state index contributed by atoms with van der Waals surface area (Å²) in [5.74, 6) is -0.672. The average Bonchev–Trinajstić information content (AvgIpc) is 3.27. The van der Waals surface area contributed by atoms with Crippen LogP contribution in [0.2, 0.25) is 0 Å². The smallest absolute Gasteiger partial charge is 0.269 e. The molecule has 0 spiro atoms. The Morgan fingerprint density at radius 1 is 1.00 bits per heavy atom. The molecule has 0 unspecified atom stereocenters. The molecular formula is C23H18N4O4S. The van der Waals surface area contributed by atoms with Gasteiger partial charge in [-0.1, -0.05) is 36.4 Å². The van der Waals surface area contributed by atoms with Gasteiger partial charge in [0, 0.05) is 41.6 Å². The second kappa shape index (κ2) is 9.36. The fraction of sp³-hybridized carbons (Fsp3) is 0.0870. The van der Waals surface area contributed by atoms with E-state index in [-0.39, 0.29) is 30.1 Å². The van der Waals surface area contributed by atoms with Crippen LogP contribution >= 0.6 is 11.3 Å². The first-order valence-electron chi connectivity index (χ1n) is 9.77. The number of nitro benzene ring substituents is 1. The number of anilines is 1. The molecule has 4 aromatic rings. The number of nitrogens with one attached hydrogen (secondary N) is 2. The van der Waals surface area contributed by atoms with Crippen LogP contribution in [-0.2, 0) is 4.79 Å². The molecule has 1 aromatic heterocycles. The van der Waals surface area contributed by atoms with Gasteiger partial charge in [0.25, 0.3) is 11.6 Å². The summed E-state index contributed by atoms with van der Waals surface area (Å²) in [5, 5.41) is 20.7. The quantitative estimate of drug-likeness (QED) is 0.317. The van der Waals surface area contributed by atoms with E-state index in [0.717, 1.165) is 22.0 Å². The first-order valence-corrected chi connectivity index (χ1v) is 10.6. The molecule has 0 atom stereocenters. The van der Waals surface area contributed by atoms with Crippen LogP contribution in [0.4, 0.5) is 10.8 Å². The lowest BCUT2D eigenvalue weighted by atomic mass is 10.1. The number of benzene rings is 3. The zero-order chi connectivity index (χ0) is 22.5. The first kappa shape index (κ1) is 21.1. The molecule has 0 aliphatic rings. The maximum atomic E-state index is 12.2. The molecule has 9 heteroatoms. The average molecular weight is 446 g/mol. The van der Waals surface area contributed by atoms with E-state index in [2.05, 4.69) is 21.7 Å². The fourth-order valence-electron chi connectivity index (χ4n) is 3.12. The highest BCUT2D eigenvalue weighted by Crippen LogP contribution is 2.27. The molecule has 4 rings (SSSR count). The predicted octanol–water partition coefficient (Wildman–Crippen LogP) is 4.63. The van der Waals surface area contributed by atoms with Gasteiger partial charge in [0.1, 0.15) is 0 Å². The molecular weight excluding hydrogens is 428 g/mol. The third kappa shape index (κ3) is 4.96. The Labute approximate surface area is 187 Å². The number of thiazole rings is 1. The molecule has 32 heavy (non-hydrogen) atoms. The zero-order valence-electron chi connectivity index (χ0n) is 16.8. The lowest BCUT2D eigenvalue weighted by Crippen LogP contribution is -2.27. The lowest BCUT2D eigenvalue weighted by molar-refractivity contribution is -0.384. The number of hydrogen-bond donors (Lipinski definition) is 2. The molecule has 160 valence electrons. The van der Waals surface area contributed by atoms with E-state index in [0.29, 0.717) is 5.13 Å². The summed E-state index contributed by atoms with van der Waals surface area (Å²) < 4.78 is 0. The molecule has 0 bridgehead atoms. The van der Waals surface area contributed by atoms with Gasteiger partial charge in [-0.3, -0.25) is 19.7 Å². The van der Waals surface area contributed by atoms with Crippen LogP contribution in [0.5, 0.6) is 0 Å². The summed E-state index contributed by atoms with van der Waals surface area (Å²) in [6, 6.07) is 19.4. The Kier molecular flexibility index (Phi) is 6.18. The van der Waals surface area contributed by atoms with Crippen LogP contribution < -0.4 is 10.6 Å². The molecule has 1 heterocycles. The van der Waals surface area contributed by atoms with Gasteiger partial charge < -0.3 is 10.6 Å². The topological polar surface area (TPSA) is 114 Å². The minimum Gasteiger partial charge on any atom is -0.352 e. The fourth-order valence-corrected chi connectivity index (χ4v) is 3.86. The first-order chi connectivity index (χ1) is 15.5. The van der Waals surface area contributed by atoms with Gasteiger partial charge in [0.05, 0.1) is 10.6 Å². The lowest BCUT2D eigenvalue weighted by Gasteiger charge is -2.05. The maximum absolute atomic E-state index is 12.2. The van der Waals surface area contributed by atoms with E-state index in [1.165, 1.54) is 35.6 Å². The highest BCUT2D eigenvalue weighted by atomic mass is 32.1. The molecule has 0 aliphatic heterocycles. The Morgan fingerprint density at radius 2 is 1.75 bits per heavy atom. The van der Waals surface area contributed by atoms with Crippen molar-refractivity contribution < 1.29 is 14.5 Å².